The molecule has 22 heavy (non-hydrogen) atoms. The summed E-state index contributed by atoms with van der Waals surface area (Å²) >= 11 is 0. The van der Waals surface area contributed by atoms with Crippen molar-refractivity contribution in [3.8, 4) is 5.75 Å². The summed E-state index contributed by atoms with van der Waals surface area (Å²) in [6.07, 6.45) is 9.65. The van der Waals surface area contributed by atoms with Crippen molar-refractivity contribution < 1.29 is 9.13 Å². The molecule has 1 heterocycles. The molecule has 1 saturated carbocycles. The molecule has 0 radical (unpaired) electrons. The molecule has 0 unspecified atom stereocenters. The normalized spacial score (nSPS) is 16.5. The third-order valence-corrected chi connectivity index (χ3v) is 3.94. The summed E-state index contributed by atoms with van der Waals surface area (Å²) in [5.41, 5.74) is 1.62. The number of hydrogen-bond acceptors (Lipinski definition) is 4. The lowest BCUT2D eigenvalue weighted by atomic mass is 10.2. The van der Waals surface area contributed by atoms with Crippen molar-refractivity contribution in [3.05, 3.63) is 48.3 Å². The second-order valence-corrected chi connectivity index (χ2v) is 5.66. The first-order valence-corrected chi connectivity index (χ1v) is 7.71. The van der Waals surface area contributed by atoms with E-state index in [9.17, 15) is 4.39 Å². The van der Waals surface area contributed by atoms with E-state index >= 15 is 0 Å². The highest BCUT2D eigenvalue weighted by molar-refractivity contribution is 5.57. The predicted octanol–water partition coefficient (Wildman–Crippen LogP) is 4.11. The van der Waals surface area contributed by atoms with Crippen molar-refractivity contribution in [2.45, 2.75) is 44.8 Å². The zero-order valence-corrected chi connectivity index (χ0v) is 12.6. The molecule has 5 heteroatoms. The minimum atomic E-state index is -0.286. The molecular weight excluding hydrogens is 281 g/mol. The molecule has 0 saturated heterocycles. The Hall–Kier alpha value is -2.17. The molecule has 1 aliphatic carbocycles. The van der Waals surface area contributed by atoms with Gasteiger partial charge in [-0.15, -0.1) is 0 Å². The number of benzene rings is 1. The SMILES string of the molecule is C[C@H](Nc1ccc(F)cc1OC1CCCC1)c1cnccn1. The van der Waals surface area contributed by atoms with Gasteiger partial charge < -0.3 is 10.1 Å². The van der Waals surface area contributed by atoms with Gasteiger partial charge >= 0.3 is 0 Å². The van der Waals surface area contributed by atoms with Gasteiger partial charge in [0.2, 0.25) is 0 Å². The van der Waals surface area contributed by atoms with Gasteiger partial charge in [-0.1, -0.05) is 0 Å². The number of ether oxygens (including phenoxy) is 1. The summed E-state index contributed by atoms with van der Waals surface area (Å²) in [6.45, 7) is 1.99. The van der Waals surface area contributed by atoms with Gasteiger partial charge in [0.25, 0.3) is 0 Å². The molecule has 0 spiro atoms. The molecule has 116 valence electrons. The number of nitrogens with one attached hydrogen (secondary N) is 1. The fraction of sp³-hybridized carbons (Fsp3) is 0.412. The first-order chi connectivity index (χ1) is 10.7. The van der Waals surface area contributed by atoms with E-state index in [4.69, 9.17) is 4.74 Å². The molecule has 1 atom stereocenters. The summed E-state index contributed by atoms with van der Waals surface area (Å²) in [5, 5.41) is 3.33. The zero-order valence-electron chi connectivity index (χ0n) is 12.6. The molecule has 1 aliphatic rings. The maximum Gasteiger partial charge on any atom is 0.145 e. The topological polar surface area (TPSA) is 47.0 Å². The first-order valence-electron chi connectivity index (χ1n) is 7.71. The average Bonchev–Trinajstić information content (AvgIpc) is 3.04. The molecule has 2 aromatic rings. The second-order valence-electron chi connectivity index (χ2n) is 5.66. The molecule has 4 nitrogen and oxygen atoms in total. The molecule has 1 aromatic heterocycles. The summed E-state index contributed by atoms with van der Waals surface area (Å²) < 4.78 is 19.5. The molecule has 0 amide bonds. The van der Waals surface area contributed by atoms with Crippen LogP contribution >= 0.6 is 0 Å². The highest BCUT2D eigenvalue weighted by atomic mass is 19.1. The van der Waals surface area contributed by atoms with Crippen LogP contribution in [0.1, 0.15) is 44.3 Å². The van der Waals surface area contributed by atoms with Crippen LogP contribution in [-0.4, -0.2) is 16.1 Å². The molecule has 1 fully saturated rings. The first kappa shape index (κ1) is 14.8. The smallest absolute Gasteiger partial charge is 0.145 e. The number of hydrogen-bond donors (Lipinski definition) is 1. The fourth-order valence-electron chi connectivity index (χ4n) is 2.74. The van der Waals surface area contributed by atoms with Crippen LogP contribution in [0.25, 0.3) is 0 Å². The summed E-state index contributed by atoms with van der Waals surface area (Å²) in [4.78, 5) is 8.36. The third-order valence-electron chi connectivity index (χ3n) is 3.94. The van der Waals surface area contributed by atoms with Gasteiger partial charge in [-0.2, -0.15) is 0 Å². The van der Waals surface area contributed by atoms with Crippen LogP contribution in [0.15, 0.2) is 36.8 Å². The number of nitrogens with zero attached hydrogens (tertiary/aromatic N) is 2. The number of rotatable bonds is 5. The van der Waals surface area contributed by atoms with Crippen LogP contribution < -0.4 is 10.1 Å². The van der Waals surface area contributed by atoms with E-state index in [1.807, 2.05) is 6.92 Å². The molecule has 0 aliphatic heterocycles. The Morgan fingerprint density at radius 2 is 2.09 bits per heavy atom. The van der Waals surface area contributed by atoms with E-state index in [1.165, 1.54) is 25.0 Å². The lowest BCUT2D eigenvalue weighted by molar-refractivity contribution is 0.210. The Bertz CT molecular complexity index is 615. The minimum absolute atomic E-state index is 0.0370. The largest absolute Gasteiger partial charge is 0.488 e. The van der Waals surface area contributed by atoms with Crippen molar-refractivity contribution in [3.63, 3.8) is 0 Å². The Balaban J connectivity index is 1.77. The van der Waals surface area contributed by atoms with Gasteiger partial charge in [0.15, 0.2) is 0 Å². The van der Waals surface area contributed by atoms with E-state index in [2.05, 4.69) is 15.3 Å². The number of aromatic nitrogens is 2. The standard InChI is InChI=1S/C17H20FN3O/c1-12(16-11-19-8-9-20-16)21-15-7-6-13(18)10-17(15)22-14-4-2-3-5-14/h6-12,14,21H,2-5H2,1H3/t12-/m0/s1. The Morgan fingerprint density at radius 1 is 1.27 bits per heavy atom. The Labute approximate surface area is 129 Å². The van der Waals surface area contributed by atoms with Crippen LogP contribution in [0.3, 0.4) is 0 Å². The monoisotopic (exact) mass is 301 g/mol. The van der Waals surface area contributed by atoms with Crippen LogP contribution in [-0.2, 0) is 0 Å². The van der Waals surface area contributed by atoms with E-state index in [0.29, 0.717) is 5.75 Å². The summed E-state index contributed by atoms with van der Waals surface area (Å²) in [6, 6.07) is 4.56. The second kappa shape index (κ2) is 6.73. The highest BCUT2D eigenvalue weighted by Crippen LogP contribution is 2.32. The molecule has 1 aromatic carbocycles. The minimum Gasteiger partial charge on any atom is -0.488 e. The van der Waals surface area contributed by atoms with E-state index in [-0.39, 0.29) is 18.0 Å². The molecule has 1 N–H and O–H groups in total. The average molecular weight is 301 g/mol. The van der Waals surface area contributed by atoms with Crippen molar-refractivity contribution in [2.24, 2.45) is 0 Å². The van der Waals surface area contributed by atoms with Crippen LogP contribution in [0.5, 0.6) is 5.75 Å². The van der Waals surface area contributed by atoms with Gasteiger partial charge in [0.1, 0.15) is 11.6 Å². The number of anilines is 1. The maximum absolute atomic E-state index is 13.6. The van der Waals surface area contributed by atoms with Crippen LogP contribution in [0.2, 0.25) is 0 Å². The van der Waals surface area contributed by atoms with Gasteiger partial charge in [0.05, 0.1) is 29.7 Å². The van der Waals surface area contributed by atoms with Gasteiger partial charge in [-0.3, -0.25) is 9.97 Å². The molecule has 3 rings (SSSR count). The lowest BCUT2D eigenvalue weighted by Crippen LogP contribution is -2.14. The molecule has 0 bridgehead atoms. The summed E-state index contributed by atoms with van der Waals surface area (Å²) in [7, 11) is 0. The zero-order chi connectivity index (χ0) is 15.4. The van der Waals surface area contributed by atoms with Crippen molar-refractivity contribution in [1.29, 1.82) is 0 Å². The van der Waals surface area contributed by atoms with Crippen molar-refractivity contribution in [2.75, 3.05) is 5.32 Å². The maximum atomic E-state index is 13.6. The van der Waals surface area contributed by atoms with Gasteiger partial charge in [-0.25, -0.2) is 4.39 Å². The van der Waals surface area contributed by atoms with E-state index in [0.717, 1.165) is 24.2 Å². The predicted molar refractivity (Wildman–Crippen MR) is 83.4 cm³/mol. The molecular formula is C17H20FN3O. The van der Waals surface area contributed by atoms with Crippen LogP contribution in [0.4, 0.5) is 10.1 Å². The van der Waals surface area contributed by atoms with Crippen molar-refractivity contribution >= 4 is 5.69 Å². The summed E-state index contributed by atoms with van der Waals surface area (Å²) in [5.74, 6) is 0.286. The fourth-order valence-corrected chi connectivity index (χ4v) is 2.74. The quantitative estimate of drug-likeness (QED) is 0.902. The number of halogens is 1. The van der Waals surface area contributed by atoms with Gasteiger partial charge in [0, 0.05) is 18.5 Å². The highest BCUT2D eigenvalue weighted by Gasteiger charge is 2.19. The van der Waals surface area contributed by atoms with Gasteiger partial charge in [-0.05, 0) is 44.7 Å². The lowest BCUT2D eigenvalue weighted by Gasteiger charge is -2.20. The third kappa shape index (κ3) is 3.53. The Kier molecular flexibility index (Phi) is 4.51. The van der Waals surface area contributed by atoms with Crippen LogP contribution in [0, 0.1) is 5.82 Å². The van der Waals surface area contributed by atoms with E-state index in [1.54, 1.807) is 24.7 Å². The Morgan fingerprint density at radius 3 is 2.82 bits per heavy atom. The van der Waals surface area contributed by atoms with E-state index < -0.39 is 0 Å². The van der Waals surface area contributed by atoms with Crippen molar-refractivity contribution in [1.82, 2.24) is 9.97 Å².